The molecule has 0 aliphatic carbocycles. The summed E-state index contributed by atoms with van der Waals surface area (Å²) in [6.07, 6.45) is 0. The second-order valence-corrected chi connectivity index (χ2v) is 11.4. The van der Waals surface area contributed by atoms with Crippen LogP contribution in [0.3, 0.4) is 0 Å². The molecular formula is C24H25N3O6S2. The van der Waals surface area contributed by atoms with Crippen LogP contribution in [-0.2, 0) is 25.9 Å². The summed E-state index contributed by atoms with van der Waals surface area (Å²) in [5, 5.41) is 15.4. The molecule has 0 aliphatic heterocycles. The number of fused-ring (bicyclic) bond motifs is 1. The van der Waals surface area contributed by atoms with E-state index < -0.39 is 21.4 Å². The highest BCUT2D eigenvalue weighted by Gasteiger charge is 2.26. The van der Waals surface area contributed by atoms with Gasteiger partial charge in [0.05, 0.1) is 36.9 Å². The van der Waals surface area contributed by atoms with Crippen LogP contribution in [0, 0.1) is 6.92 Å². The van der Waals surface area contributed by atoms with Crippen molar-refractivity contribution >= 4 is 32.1 Å². The Balaban J connectivity index is 1.76. The molecule has 4 aromatic rings. The molecule has 1 N–H and O–H groups in total. The molecule has 4 rings (SSSR count). The predicted octanol–water partition coefficient (Wildman–Crippen LogP) is 3.76. The first-order valence-electron chi connectivity index (χ1n) is 10.6. The van der Waals surface area contributed by atoms with Gasteiger partial charge in [-0.05, 0) is 56.7 Å². The summed E-state index contributed by atoms with van der Waals surface area (Å²) < 4.78 is 38.5. The number of aryl methyl sites for hydroxylation is 1. The summed E-state index contributed by atoms with van der Waals surface area (Å²) in [6, 6.07) is 11.1. The normalized spacial score (nSPS) is 12.2. The lowest BCUT2D eigenvalue weighted by molar-refractivity contribution is 0.0600. The van der Waals surface area contributed by atoms with Crippen LogP contribution in [0.15, 0.2) is 47.4 Å². The van der Waals surface area contributed by atoms with Gasteiger partial charge in [0.25, 0.3) is 0 Å². The summed E-state index contributed by atoms with van der Waals surface area (Å²) >= 11 is 1.27. The highest BCUT2D eigenvalue weighted by molar-refractivity contribution is 7.90. The van der Waals surface area contributed by atoms with Crippen molar-refractivity contribution in [3.05, 3.63) is 64.3 Å². The van der Waals surface area contributed by atoms with Gasteiger partial charge in [-0.2, -0.15) is 5.10 Å². The number of aliphatic hydroxyl groups is 1. The molecule has 35 heavy (non-hydrogen) atoms. The monoisotopic (exact) mass is 515 g/mol. The van der Waals surface area contributed by atoms with E-state index in [9.17, 15) is 18.3 Å². The van der Waals surface area contributed by atoms with E-state index in [0.29, 0.717) is 38.0 Å². The van der Waals surface area contributed by atoms with Crippen LogP contribution in [0.2, 0.25) is 0 Å². The zero-order valence-electron chi connectivity index (χ0n) is 19.9. The number of hydrogen-bond acceptors (Lipinski definition) is 9. The number of ether oxygens (including phenoxy) is 2. The number of rotatable bonds is 7. The van der Waals surface area contributed by atoms with Gasteiger partial charge >= 0.3 is 5.97 Å². The standard InChI is InChI=1S/C24H25N3O6S2/c1-14-20(27-23(25-14)34-22(26-27)24(2,3)29)17-10-11-18(32-4)19(12-17)35(30,31)13-15-6-8-16(9-7-15)21(28)33-5/h6-12,29H,13H2,1-5H3. The van der Waals surface area contributed by atoms with Gasteiger partial charge in [0.2, 0.25) is 4.96 Å². The zero-order valence-corrected chi connectivity index (χ0v) is 21.5. The van der Waals surface area contributed by atoms with Crippen LogP contribution in [0.1, 0.15) is 40.5 Å². The van der Waals surface area contributed by atoms with Gasteiger partial charge in [0, 0.05) is 5.56 Å². The summed E-state index contributed by atoms with van der Waals surface area (Å²) in [7, 11) is -1.12. The van der Waals surface area contributed by atoms with Crippen molar-refractivity contribution < 1.29 is 27.8 Å². The van der Waals surface area contributed by atoms with Crippen molar-refractivity contribution in [1.29, 1.82) is 0 Å². The molecule has 2 heterocycles. The first-order chi connectivity index (χ1) is 16.4. The molecule has 0 bridgehead atoms. The highest BCUT2D eigenvalue weighted by Crippen LogP contribution is 2.35. The van der Waals surface area contributed by atoms with Crippen LogP contribution in [0.25, 0.3) is 16.2 Å². The molecule has 0 saturated heterocycles. The number of sulfone groups is 1. The molecule has 0 amide bonds. The van der Waals surface area contributed by atoms with Crippen LogP contribution >= 0.6 is 11.3 Å². The van der Waals surface area contributed by atoms with E-state index in [1.165, 1.54) is 37.7 Å². The van der Waals surface area contributed by atoms with Gasteiger partial charge in [-0.25, -0.2) is 22.7 Å². The Hall–Kier alpha value is -3.28. The van der Waals surface area contributed by atoms with E-state index in [1.807, 2.05) is 6.92 Å². The van der Waals surface area contributed by atoms with E-state index in [-0.39, 0.29) is 16.4 Å². The van der Waals surface area contributed by atoms with Crippen molar-refractivity contribution in [2.45, 2.75) is 37.0 Å². The van der Waals surface area contributed by atoms with E-state index >= 15 is 0 Å². The Morgan fingerprint density at radius 3 is 2.43 bits per heavy atom. The van der Waals surface area contributed by atoms with Crippen molar-refractivity contribution in [2.24, 2.45) is 0 Å². The number of aromatic nitrogens is 3. The fourth-order valence-corrected chi connectivity index (χ4v) is 6.14. The van der Waals surface area contributed by atoms with Crippen molar-refractivity contribution in [3.8, 4) is 17.0 Å². The Kier molecular flexibility index (Phi) is 6.43. The van der Waals surface area contributed by atoms with E-state index in [0.717, 1.165) is 0 Å². The fourth-order valence-electron chi connectivity index (χ4n) is 3.65. The zero-order chi connectivity index (χ0) is 25.5. The van der Waals surface area contributed by atoms with E-state index in [4.69, 9.17) is 4.74 Å². The summed E-state index contributed by atoms with van der Waals surface area (Å²) in [5.41, 5.74) is 1.63. The van der Waals surface area contributed by atoms with Gasteiger partial charge in [0.1, 0.15) is 21.3 Å². The number of benzene rings is 2. The lowest BCUT2D eigenvalue weighted by atomic mass is 10.1. The Morgan fingerprint density at radius 2 is 1.83 bits per heavy atom. The quantitative estimate of drug-likeness (QED) is 0.370. The van der Waals surface area contributed by atoms with E-state index in [1.54, 1.807) is 48.7 Å². The molecule has 0 unspecified atom stereocenters. The van der Waals surface area contributed by atoms with E-state index in [2.05, 4.69) is 14.8 Å². The first-order valence-corrected chi connectivity index (χ1v) is 13.1. The smallest absolute Gasteiger partial charge is 0.337 e. The molecular weight excluding hydrogens is 490 g/mol. The maximum atomic E-state index is 13.4. The summed E-state index contributed by atoms with van der Waals surface area (Å²) in [5.74, 6) is -0.561. The van der Waals surface area contributed by atoms with Gasteiger partial charge < -0.3 is 14.6 Å². The largest absolute Gasteiger partial charge is 0.495 e. The molecule has 0 radical (unpaired) electrons. The lowest BCUT2D eigenvalue weighted by Gasteiger charge is -2.13. The van der Waals surface area contributed by atoms with Gasteiger partial charge in [-0.1, -0.05) is 23.5 Å². The fraction of sp³-hybridized carbons (Fsp3) is 0.292. The molecule has 0 spiro atoms. The predicted molar refractivity (Wildman–Crippen MR) is 132 cm³/mol. The Bertz CT molecular complexity index is 1510. The highest BCUT2D eigenvalue weighted by atomic mass is 32.2. The van der Waals surface area contributed by atoms with Crippen molar-refractivity contribution in [1.82, 2.24) is 14.6 Å². The maximum Gasteiger partial charge on any atom is 0.337 e. The summed E-state index contributed by atoms with van der Waals surface area (Å²) in [4.78, 5) is 16.8. The molecule has 9 nitrogen and oxygen atoms in total. The molecule has 0 fully saturated rings. The van der Waals surface area contributed by atoms with Crippen molar-refractivity contribution in [2.75, 3.05) is 14.2 Å². The van der Waals surface area contributed by atoms with Crippen LogP contribution in [0.5, 0.6) is 5.75 Å². The molecule has 0 atom stereocenters. The third kappa shape index (κ3) is 4.79. The lowest BCUT2D eigenvalue weighted by Crippen LogP contribution is -2.15. The average molecular weight is 516 g/mol. The second-order valence-electron chi connectivity index (χ2n) is 8.52. The average Bonchev–Trinajstić information content (AvgIpc) is 3.35. The number of carbonyl (C=O) groups excluding carboxylic acids is 1. The molecule has 0 aliphatic rings. The van der Waals surface area contributed by atoms with Gasteiger partial charge in [0.15, 0.2) is 9.84 Å². The number of methoxy groups -OCH3 is 2. The number of nitrogens with zero attached hydrogens (tertiary/aromatic N) is 3. The Morgan fingerprint density at radius 1 is 1.14 bits per heavy atom. The van der Waals surface area contributed by atoms with Gasteiger partial charge in [-0.15, -0.1) is 0 Å². The number of carbonyl (C=O) groups is 1. The topological polar surface area (TPSA) is 120 Å². The Labute approximate surface area is 206 Å². The van der Waals surface area contributed by atoms with Crippen LogP contribution in [0.4, 0.5) is 0 Å². The minimum absolute atomic E-state index is 0.0295. The molecule has 0 saturated carbocycles. The SMILES string of the molecule is COC(=O)c1ccc(CS(=O)(=O)c2cc(-c3c(C)nc4sc(C(C)(C)O)nn34)ccc2OC)cc1. The summed E-state index contributed by atoms with van der Waals surface area (Å²) in [6.45, 7) is 5.11. The van der Waals surface area contributed by atoms with Gasteiger partial charge in [-0.3, -0.25) is 0 Å². The van der Waals surface area contributed by atoms with Crippen molar-refractivity contribution in [3.63, 3.8) is 0 Å². The number of hydrogen-bond donors (Lipinski definition) is 1. The van der Waals surface area contributed by atoms with Crippen LogP contribution < -0.4 is 4.74 Å². The molecule has 2 aromatic heterocycles. The molecule has 184 valence electrons. The number of imidazole rings is 1. The first kappa shape index (κ1) is 24.8. The second kappa shape index (κ2) is 9.06. The molecule has 11 heteroatoms. The third-order valence-corrected chi connectivity index (χ3v) is 8.33. The maximum absolute atomic E-state index is 13.4. The number of esters is 1. The minimum atomic E-state index is -3.82. The minimum Gasteiger partial charge on any atom is -0.495 e. The third-order valence-electron chi connectivity index (χ3n) is 5.41. The molecule has 2 aromatic carbocycles. The van der Waals surface area contributed by atoms with Crippen LogP contribution in [-0.4, -0.2) is 48.3 Å².